The highest BCUT2D eigenvalue weighted by Gasteiger charge is 2.27. The van der Waals surface area contributed by atoms with E-state index in [2.05, 4.69) is 24.5 Å². The minimum Gasteiger partial charge on any atom is -0.354 e. The Morgan fingerprint density at radius 3 is 2.71 bits per heavy atom. The second kappa shape index (κ2) is 9.04. The van der Waals surface area contributed by atoms with Crippen molar-refractivity contribution in [3.63, 3.8) is 0 Å². The summed E-state index contributed by atoms with van der Waals surface area (Å²) in [5.74, 6) is 0.796. The molecule has 2 aromatic rings. The Kier molecular flexibility index (Phi) is 6.49. The fraction of sp³-hybridized carbons (Fsp3) is 0.500. The third-order valence-corrected chi connectivity index (χ3v) is 5.93. The molecule has 3 unspecified atom stereocenters. The van der Waals surface area contributed by atoms with E-state index in [0.29, 0.717) is 17.2 Å². The van der Waals surface area contributed by atoms with Gasteiger partial charge in [-0.3, -0.25) is 14.4 Å². The van der Waals surface area contributed by atoms with Gasteiger partial charge in [-0.2, -0.15) is 0 Å². The molecule has 3 rings (SSSR count). The Balaban J connectivity index is 1.46. The average molecular weight is 383 g/mol. The van der Waals surface area contributed by atoms with Crippen LogP contribution in [0.3, 0.4) is 0 Å². The number of nitrogens with zero attached hydrogens (tertiary/aromatic N) is 1. The zero-order valence-corrected chi connectivity index (χ0v) is 16.6. The molecule has 28 heavy (non-hydrogen) atoms. The van der Waals surface area contributed by atoms with Crippen LogP contribution in [0.4, 0.5) is 0 Å². The molecule has 2 N–H and O–H groups in total. The van der Waals surface area contributed by atoms with Crippen LogP contribution in [-0.4, -0.2) is 29.0 Å². The maximum Gasteiger partial charge on any atom is 0.258 e. The number of amides is 2. The van der Waals surface area contributed by atoms with Crippen LogP contribution >= 0.6 is 0 Å². The number of fused-ring (bicyclic) bond motifs is 1. The molecule has 3 atom stereocenters. The third kappa shape index (κ3) is 4.80. The molecule has 1 aliphatic carbocycles. The fourth-order valence-corrected chi connectivity index (χ4v) is 3.95. The van der Waals surface area contributed by atoms with Gasteiger partial charge in [0.05, 0.1) is 0 Å². The minimum atomic E-state index is -0.273. The van der Waals surface area contributed by atoms with E-state index in [0.717, 1.165) is 18.2 Å². The van der Waals surface area contributed by atoms with Crippen LogP contribution in [0.1, 0.15) is 39.5 Å². The van der Waals surface area contributed by atoms with E-state index >= 15 is 0 Å². The quantitative estimate of drug-likeness (QED) is 0.804. The molecule has 1 aromatic heterocycles. The van der Waals surface area contributed by atoms with E-state index in [4.69, 9.17) is 0 Å². The van der Waals surface area contributed by atoms with Gasteiger partial charge in [0.2, 0.25) is 11.8 Å². The van der Waals surface area contributed by atoms with E-state index in [-0.39, 0.29) is 42.9 Å². The Morgan fingerprint density at radius 1 is 1.11 bits per heavy atom. The van der Waals surface area contributed by atoms with Gasteiger partial charge < -0.3 is 15.2 Å². The number of pyridine rings is 1. The summed E-state index contributed by atoms with van der Waals surface area (Å²) < 4.78 is 1.39. The standard InChI is InChI=1S/C22H29N3O3/c1-15-6-5-9-19(16(15)2)24-20(26)10-12-23-21(27)14-25-13-11-17-7-3-4-8-18(17)22(25)28/h3-4,7-8,11,13,15-16,19H,5-6,9-10,12,14H2,1-2H3,(H,23,27)(H,24,26). The van der Waals surface area contributed by atoms with Crippen LogP contribution in [0, 0.1) is 11.8 Å². The van der Waals surface area contributed by atoms with Crippen molar-refractivity contribution in [2.75, 3.05) is 6.54 Å². The summed E-state index contributed by atoms with van der Waals surface area (Å²) in [5, 5.41) is 7.29. The molecular formula is C22H29N3O3. The summed E-state index contributed by atoms with van der Waals surface area (Å²) in [6.07, 6.45) is 5.26. The van der Waals surface area contributed by atoms with Crippen LogP contribution in [0.25, 0.3) is 10.8 Å². The van der Waals surface area contributed by atoms with Crippen LogP contribution in [0.15, 0.2) is 41.3 Å². The molecule has 6 heteroatoms. The third-order valence-electron chi connectivity index (χ3n) is 5.93. The molecule has 2 amide bonds. The molecular weight excluding hydrogens is 354 g/mol. The largest absolute Gasteiger partial charge is 0.354 e. The van der Waals surface area contributed by atoms with E-state index in [1.807, 2.05) is 18.2 Å². The van der Waals surface area contributed by atoms with E-state index < -0.39 is 0 Å². The highest BCUT2D eigenvalue weighted by molar-refractivity contribution is 5.82. The molecule has 150 valence electrons. The number of nitrogens with one attached hydrogen (secondary N) is 2. The Morgan fingerprint density at radius 2 is 1.89 bits per heavy atom. The zero-order valence-electron chi connectivity index (χ0n) is 16.6. The van der Waals surface area contributed by atoms with Crippen molar-refractivity contribution in [3.8, 4) is 0 Å². The number of benzene rings is 1. The number of rotatable bonds is 6. The molecule has 0 saturated heterocycles. The first-order valence-corrected chi connectivity index (χ1v) is 10.1. The summed E-state index contributed by atoms with van der Waals surface area (Å²) in [5.41, 5.74) is -0.189. The molecule has 0 radical (unpaired) electrons. The molecule has 0 aliphatic heterocycles. The van der Waals surface area contributed by atoms with Gasteiger partial charge in [-0.15, -0.1) is 0 Å². The topological polar surface area (TPSA) is 80.2 Å². The lowest BCUT2D eigenvalue weighted by Crippen LogP contribution is -2.44. The maximum atomic E-state index is 12.4. The van der Waals surface area contributed by atoms with E-state index in [9.17, 15) is 14.4 Å². The molecule has 1 saturated carbocycles. The van der Waals surface area contributed by atoms with Gasteiger partial charge >= 0.3 is 0 Å². The molecule has 0 spiro atoms. The van der Waals surface area contributed by atoms with E-state index in [1.54, 1.807) is 18.3 Å². The number of carbonyl (C=O) groups excluding carboxylic acids is 2. The predicted molar refractivity (Wildman–Crippen MR) is 110 cm³/mol. The highest BCUT2D eigenvalue weighted by Crippen LogP contribution is 2.29. The summed E-state index contributed by atoms with van der Waals surface area (Å²) in [6.45, 7) is 4.64. The lowest BCUT2D eigenvalue weighted by atomic mass is 9.78. The Bertz CT molecular complexity index is 905. The lowest BCUT2D eigenvalue weighted by molar-refractivity contribution is -0.123. The van der Waals surface area contributed by atoms with Crippen molar-refractivity contribution in [2.24, 2.45) is 11.8 Å². The average Bonchev–Trinajstić information content (AvgIpc) is 2.68. The SMILES string of the molecule is CC1CCCC(NC(=O)CCNC(=O)Cn2ccc3ccccc3c2=O)C1C. The zero-order chi connectivity index (χ0) is 20.1. The molecule has 1 heterocycles. The second-order valence-corrected chi connectivity index (χ2v) is 7.88. The number of aromatic nitrogens is 1. The first-order chi connectivity index (χ1) is 13.5. The molecule has 0 bridgehead atoms. The van der Waals surface area contributed by atoms with Crippen molar-refractivity contribution >= 4 is 22.6 Å². The Hall–Kier alpha value is -2.63. The summed E-state index contributed by atoms with van der Waals surface area (Å²) in [6, 6.07) is 9.35. The lowest BCUT2D eigenvalue weighted by Gasteiger charge is -2.34. The van der Waals surface area contributed by atoms with Crippen LogP contribution in [-0.2, 0) is 16.1 Å². The van der Waals surface area contributed by atoms with Gasteiger partial charge in [0.25, 0.3) is 5.56 Å². The summed E-state index contributed by atoms with van der Waals surface area (Å²) in [7, 11) is 0. The highest BCUT2D eigenvalue weighted by atomic mass is 16.2. The summed E-state index contributed by atoms with van der Waals surface area (Å²) >= 11 is 0. The number of carbonyl (C=O) groups is 2. The van der Waals surface area contributed by atoms with E-state index in [1.165, 1.54) is 11.0 Å². The van der Waals surface area contributed by atoms with Crippen molar-refractivity contribution in [1.82, 2.24) is 15.2 Å². The van der Waals surface area contributed by atoms with Crippen molar-refractivity contribution in [3.05, 3.63) is 46.9 Å². The minimum absolute atomic E-state index is 0.0332. The van der Waals surface area contributed by atoms with Crippen molar-refractivity contribution < 1.29 is 9.59 Å². The monoisotopic (exact) mass is 383 g/mol. The van der Waals surface area contributed by atoms with Gasteiger partial charge in [-0.25, -0.2) is 0 Å². The smallest absolute Gasteiger partial charge is 0.258 e. The molecule has 6 nitrogen and oxygen atoms in total. The first kappa shape index (κ1) is 20.1. The fourth-order valence-electron chi connectivity index (χ4n) is 3.95. The van der Waals surface area contributed by atoms with Crippen molar-refractivity contribution in [1.29, 1.82) is 0 Å². The first-order valence-electron chi connectivity index (χ1n) is 10.1. The van der Waals surface area contributed by atoms with Crippen LogP contribution < -0.4 is 16.2 Å². The van der Waals surface area contributed by atoms with Crippen molar-refractivity contribution in [2.45, 2.75) is 52.1 Å². The molecule has 1 fully saturated rings. The van der Waals surface area contributed by atoms with Gasteiger partial charge in [0.1, 0.15) is 6.54 Å². The summed E-state index contributed by atoms with van der Waals surface area (Å²) in [4.78, 5) is 36.8. The van der Waals surface area contributed by atoms with Crippen LogP contribution in [0.5, 0.6) is 0 Å². The maximum absolute atomic E-state index is 12.4. The Labute approximate surface area is 165 Å². The molecule has 1 aliphatic rings. The molecule has 1 aromatic carbocycles. The van der Waals surface area contributed by atoms with Gasteiger partial charge in [0, 0.05) is 30.6 Å². The number of hydrogen-bond donors (Lipinski definition) is 2. The van der Waals surface area contributed by atoms with Gasteiger partial charge in [-0.1, -0.05) is 44.9 Å². The normalized spacial score (nSPS) is 22.0. The van der Waals surface area contributed by atoms with Gasteiger partial charge in [-0.05, 0) is 35.8 Å². The van der Waals surface area contributed by atoms with Gasteiger partial charge in [0.15, 0.2) is 0 Å². The van der Waals surface area contributed by atoms with Crippen LogP contribution in [0.2, 0.25) is 0 Å². The number of hydrogen-bond acceptors (Lipinski definition) is 3. The second-order valence-electron chi connectivity index (χ2n) is 7.88. The predicted octanol–water partition coefficient (Wildman–Crippen LogP) is 2.45.